The van der Waals surface area contributed by atoms with E-state index in [1.807, 2.05) is 11.9 Å². The van der Waals surface area contributed by atoms with Crippen molar-refractivity contribution in [3.8, 4) is 0 Å². The Morgan fingerprint density at radius 3 is 2.90 bits per heavy atom. The van der Waals surface area contributed by atoms with E-state index >= 15 is 0 Å². The average molecular weight is 144 g/mol. The van der Waals surface area contributed by atoms with Gasteiger partial charge in [-0.25, -0.2) is 0 Å². The molecular weight excluding hydrogens is 132 g/mol. The largest absolute Gasteiger partial charge is 0.367 e. The third-order valence-electron chi connectivity index (χ3n) is 1.59. The van der Waals surface area contributed by atoms with Crippen LogP contribution in [0, 0.1) is 0 Å². The summed E-state index contributed by atoms with van der Waals surface area (Å²) in [6.45, 7) is 2.10. The Balaban J connectivity index is 2.39. The highest BCUT2D eigenvalue weighted by Gasteiger charge is 2.21. The maximum atomic E-state index is 10.6. The molecule has 0 aromatic rings. The van der Waals surface area contributed by atoms with E-state index in [4.69, 9.17) is 10.5 Å². The second kappa shape index (κ2) is 2.98. The molecular formula is C6H12N2O2. The van der Waals surface area contributed by atoms with Gasteiger partial charge in [0, 0.05) is 13.1 Å². The lowest BCUT2D eigenvalue weighted by Gasteiger charge is -2.27. The van der Waals surface area contributed by atoms with Gasteiger partial charge in [-0.2, -0.15) is 0 Å². The Morgan fingerprint density at radius 2 is 2.50 bits per heavy atom. The van der Waals surface area contributed by atoms with Crippen molar-refractivity contribution in [3.63, 3.8) is 0 Å². The van der Waals surface area contributed by atoms with Gasteiger partial charge in [0.05, 0.1) is 6.61 Å². The third-order valence-corrected chi connectivity index (χ3v) is 1.59. The molecule has 0 radical (unpaired) electrons. The van der Waals surface area contributed by atoms with Crippen molar-refractivity contribution in [1.82, 2.24) is 4.90 Å². The van der Waals surface area contributed by atoms with Gasteiger partial charge in [-0.3, -0.25) is 4.79 Å². The van der Waals surface area contributed by atoms with Crippen LogP contribution in [0.25, 0.3) is 0 Å². The molecule has 1 rings (SSSR count). The number of ether oxygens (including phenoxy) is 1. The minimum Gasteiger partial charge on any atom is -0.367 e. The summed E-state index contributed by atoms with van der Waals surface area (Å²) in [6, 6.07) is 0. The molecule has 2 N–H and O–H groups in total. The summed E-state index contributed by atoms with van der Waals surface area (Å²) in [5.41, 5.74) is 5.04. The zero-order valence-corrected chi connectivity index (χ0v) is 6.04. The molecule has 1 fully saturated rings. The van der Waals surface area contributed by atoms with Gasteiger partial charge in [0.2, 0.25) is 5.91 Å². The van der Waals surface area contributed by atoms with Gasteiger partial charge in [-0.15, -0.1) is 0 Å². The number of carbonyl (C=O) groups is 1. The molecule has 0 spiro atoms. The van der Waals surface area contributed by atoms with Crippen LogP contribution in [0.15, 0.2) is 0 Å². The van der Waals surface area contributed by atoms with Crippen LogP contribution in [-0.2, 0) is 9.53 Å². The average Bonchev–Trinajstić information content (AvgIpc) is 1.88. The van der Waals surface area contributed by atoms with Gasteiger partial charge in [0.1, 0.15) is 6.10 Å². The summed E-state index contributed by atoms with van der Waals surface area (Å²) in [6.07, 6.45) is -0.404. The molecule has 0 aromatic heterocycles. The number of hydrogen-bond acceptors (Lipinski definition) is 3. The van der Waals surface area contributed by atoms with Gasteiger partial charge < -0.3 is 15.4 Å². The van der Waals surface area contributed by atoms with Gasteiger partial charge >= 0.3 is 0 Å². The Labute approximate surface area is 59.9 Å². The Kier molecular flexibility index (Phi) is 2.24. The minimum absolute atomic E-state index is 0.369. The molecule has 0 saturated carbocycles. The molecule has 1 atom stereocenters. The molecule has 58 valence electrons. The number of carbonyl (C=O) groups excluding carboxylic acids is 1. The van der Waals surface area contributed by atoms with Gasteiger partial charge in [0.25, 0.3) is 0 Å². The molecule has 0 aromatic carbocycles. The predicted molar refractivity (Wildman–Crippen MR) is 36.4 cm³/mol. The summed E-state index contributed by atoms with van der Waals surface area (Å²) in [7, 11) is 1.94. The number of amides is 1. The van der Waals surface area contributed by atoms with E-state index in [9.17, 15) is 4.79 Å². The van der Waals surface area contributed by atoms with E-state index in [2.05, 4.69) is 0 Å². The predicted octanol–water partition coefficient (Wildman–Crippen LogP) is -1.20. The minimum atomic E-state index is -0.404. The first kappa shape index (κ1) is 7.50. The SMILES string of the molecule is CN1CCOC(C(N)=O)C1. The van der Waals surface area contributed by atoms with Crippen molar-refractivity contribution in [2.75, 3.05) is 26.7 Å². The van der Waals surface area contributed by atoms with Crippen molar-refractivity contribution in [3.05, 3.63) is 0 Å². The molecule has 1 amide bonds. The van der Waals surface area contributed by atoms with Crippen LogP contribution < -0.4 is 5.73 Å². The molecule has 1 unspecified atom stereocenters. The van der Waals surface area contributed by atoms with Gasteiger partial charge in [-0.05, 0) is 7.05 Å². The fourth-order valence-electron chi connectivity index (χ4n) is 0.950. The lowest BCUT2D eigenvalue weighted by atomic mass is 10.3. The number of likely N-dealkylation sites (N-methyl/N-ethyl adjacent to an activating group) is 1. The van der Waals surface area contributed by atoms with E-state index in [1.165, 1.54) is 0 Å². The number of rotatable bonds is 1. The first-order valence-corrected chi connectivity index (χ1v) is 3.29. The topological polar surface area (TPSA) is 55.6 Å². The van der Waals surface area contributed by atoms with Crippen molar-refractivity contribution < 1.29 is 9.53 Å². The number of nitrogens with zero attached hydrogens (tertiary/aromatic N) is 1. The lowest BCUT2D eigenvalue weighted by molar-refractivity contribution is -0.134. The van der Waals surface area contributed by atoms with E-state index in [1.54, 1.807) is 0 Å². The fraction of sp³-hybridized carbons (Fsp3) is 0.833. The van der Waals surface area contributed by atoms with Crippen LogP contribution in [0.4, 0.5) is 0 Å². The normalized spacial score (nSPS) is 28.3. The summed E-state index contributed by atoms with van der Waals surface area (Å²) in [5.74, 6) is -0.369. The zero-order chi connectivity index (χ0) is 7.56. The summed E-state index contributed by atoms with van der Waals surface area (Å²) < 4.78 is 5.09. The fourth-order valence-corrected chi connectivity index (χ4v) is 0.950. The Bertz CT molecular complexity index is 138. The van der Waals surface area contributed by atoms with Crippen LogP contribution in [0.1, 0.15) is 0 Å². The Hall–Kier alpha value is -0.610. The number of primary amides is 1. The molecule has 0 aliphatic carbocycles. The maximum absolute atomic E-state index is 10.6. The molecule has 4 nitrogen and oxygen atoms in total. The van der Waals surface area contributed by atoms with Crippen molar-refractivity contribution >= 4 is 5.91 Å². The van der Waals surface area contributed by atoms with E-state index in [0.29, 0.717) is 13.2 Å². The third kappa shape index (κ3) is 1.68. The zero-order valence-electron chi connectivity index (χ0n) is 6.04. The lowest BCUT2D eigenvalue weighted by Crippen LogP contribution is -2.46. The van der Waals surface area contributed by atoms with E-state index in [0.717, 1.165) is 6.54 Å². The molecule has 1 aliphatic heterocycles. The molecule has 0 bridgehead atoms. The van der Waals surface area contributed by atoms with Gasteiger partial charge in [-0.1, -0.05) is 0 Å². The molecule has 4 heteroatoms. The van der Waals surface area contributed by atoms with Gasteiger partial charge in [0.15, 0.2) is 0 Å². The van der Waals surface area contributed by atoms with Crippen LogP contribution in [0.5, 0.6) is 0 Å². The highest BCUT2D eigenvalue weighted by atomic mass is 16.5. The molecule has 10 heavy (non-hydrogen) atoms. The quantitative estimate of drug-likeness (QED) is 0.503. The highest BCUT2D eigenvalue weighted by Crippen LogP contribution is 2.00. The van der Waals surface area contributed by atoms with E-state index in [-0.39, 0.29) is 5.91 Å². The van der Waals surface area contributed by atoms with Crippen molar-refractivity contribution in [1.29, 1.82) is 0 Å². The first-order valence-electron chi connectivity index (χ1n) is 3.29. The van der Waals surface area contributed by atoms with Crippen LogP contribution in [0.3, 0.4) is 0 Å². The summed E-state index contributed by atoms with van der Waals surface area (Å²) in [4.78, 5) is 12.6. The molecule has 1 heterocycles. The standard InChI is InChI=1S/C6H12N2O2/c1-8-2-3-10-5(4-8)6(7)9/h5H,2-4H2,1H3,(H2,7,9). The smallest absolute Gasteiger partial charge is 0.247 e. The molecule has 1 saturated heterocycles. The Morgan fingerprint density at radius 1 is 1.80 bits per heavy atom. The number of hydrogen-bond donors (Lipinski definition) is 1. The van der Waals surface area contributed by atoms with Crippen LogP contribution in [0.2, 0.25) is 0 Å². The second-order valence-electron chi connectivity index (χ2n) is 2.52. The summed E-state index contributed by atoms with van der Waals surface area (Å²) >= 11 is 0. The van der Waals surface area contributed by atoms with E-state index < -0.39 is 6.10 Å². The second-order valence-corrected chi connectivity index (χ2v) is 2.52. The number of morpholine rings is 1. The van der Waals surface area contributed by atoms with Crippen LogP contribution >= 0.6 is 0 Å². The molecule has 1 aliphatic rings. The van der Waals surface area contributed by atoms with Crippen LogP contribution in [-0.4, -0.2) is 43.7 Å². The monoisotopic (exact) mass is 144 g/mol. The highest BCUT2D eigenvalue weighted by molar-refractivity contribution is 5.79. The van der Waals surface area contributed by atoms with Crippen molar-refractivity contribution in [2.24, 2.45) is 5.73 Å². The first-order chi connectivity index (χ1) is 4.70. The number of nitrogens with two attached hydrogens (primary N) is 1. The van der Waals surface area contributed by atoms with Crippen molar-refractivity contribution in [2.45, 2.75) is 6.10 Å². The maximum Gasteiger partial charge on any atom is 0.247 e. The summed E-state index contributed by atoms with van der Waals surface area (Å²) in [5, 5.41) is 0.